The molecule has 4 nitrogen and oxygen atoms in total. The van der Waals surface area contributed by atoms with Gasteiger partial charge in [-0.05, 0) is 50.7 Å². The van der Waals surface area contributed by atoms with Gasteiger partial charge in [0, 0.05) is 19.0 Å². The van der Waals surface area contributed by atoms with E-state index < -0.39 is 0 Å². The minimum Gasteiger partial charge on any atom is -0.512 e. The van der Waals surface area contributed by atoms with Crippen molar-refractivity contribution in [2.75, 3.05) is 0 Å². The zero-order chi connectivity index (χ0) is 17.7. The summed E-state index contributed by atoms with van der Waals surface area (Å²) >= 11 is 0. The molecule has 126 valence electrons. The topological polar surface area (TPSA) is 50.9 Å². The number of aliphatic hydroxyl groups excluding tert-OH is 1. The first-order chi connectivity index (χ1) is 11.4. The molecule has 0 bridgehead atoms. The van der Waals surface area contributed by atoms with Gasteiger partial charge in [-0.15, -0.1) is 6.42 Å². The zero-order valence-corrected chi connectivity index (χ0v) is 14.7. The van der Waals surface area contributed by atoms with Crippen molar-refractivity contribution in [3.63, 3.8) is 0 Å². The first kappa shape index (κ1) is 17.8. The first-order valence-corrected chi connectivity index (χ1v) is 8.15. The molecule has 0 aliphatic heterocycles. The molecule has 0 aromatic carbocycles. The number of aliphatic hydroxyl groups is 1. The minimum absolute atomic E-state index is 0.263. The van der Waals surface area contributed by atoms with Crippen LogP contribution < -0.4 is 0 Å². The Labute approximate surface area is 144 Å². The average Bonchev–Trinajstić information content (AvgIpc) is 2.92. The zero-order valence-electron chi connectivity index (χ0n) is 14.7. The molecule has 0 spiro atoms. The van der Waals surface area contributed by atoms with E-state index in [1.54, 1.807) is 23.9 Å². The highest BCUT2D eigenvalue weighted by molar-refractivity contribution is 5.72. The molecule has 2 atom stereocenters. The van der Waals surface area contributed by atoms with Crippen molar-refractivity contribution >= 4 is 5.57 Å². The van der Waals surface area contributed by atoms with Crippen LogP contribution in [0.3, 0.4) is 0 Å². The highest BCUT2D eigenvalue weighted by Gasteiger charge is 2.25. The fraction of sp³-hybridized carbons (Fsp3) is 0.400. The third-order valence-electron chi connectivity index (χ3n) is 4.47. The lowest BCUT2D eigenvalue weighted by Crippen LogP contribution is -2.19. The molecule has 0 unspecified atom stereocenters. The molecule has 1 aromatic heterocycles. The monoisotopic (exact) mass is 323 g/mol. The predicted octanol–water partition coefficient (Wildman–Crippen LogP) is 4.21. The van der Waals surface area contributed by atoms with Crippen LogP contribution in [0.25, 0.3) is 5.57 Å². The summed E-state index contributed by atoms with van der Waals surface area (Å²) in [6, 6.07) is 0. The van der Waals surface area contributed by atoms with Gasteiger partial charge < -0.3 is 5.11 Å². The van der Waals surface area contributed by atoms with Gasteiger partial charge in [-0.3, -0.25) is 0 Å². The van der Waals surface area contributed by atoms with Gasteiger partial charge in [0.05, 0.1) is 5.76 Å². The predicted molar refractivity (Wildman–Crippen MR) is 97.9 cm³/mol. The summed E-state index contributed by atoms with van der Waals surface area (Å²) in [6.07, 6.45) is 15.2. The van der Waals surface area contributed by atoms with Crippen LogP contribution in [-0.4, -0.2) is 19.9 Å². The lowest BCUT2D eigenvalue weighted by molar-refractivity contribution is 0.321. The average molecular weight is 323 g/mol. The Bertz CT molecular complexity index is 743. The van der Waals surface area contributed by atoms with E-state index in [2.05, 4.69) is 42.5 Å². The van der Waals surface area contributed by atoms with Crippen molar-refractivity contribution in [3.8, 4) is 12.3 Å². The van der Waals surface area contributed by atoms with Gasteiger partial charge >= 0.3 is 0 Å². The Morgan fingerprint density at radius 2 is 2.33 bits per heavy atom. The molecule has 1 aromatic rings. The fourth-order valence-corrected chi connectivity index (χ4v) is 3.27. The van der Waals surface area contributed by atoms with Crippen molar-refractivity contribution in [1.29, 1.82) is 0 Å². The number of aryl methyl sites for hydroxylation is 1. The minimum atomic E-state index is 0.263. The molecule has 4 heteroatoms. The Morgan fingerprint density at radius 3 is 2.92 bits per heavy atom. The molecule has 2 rings (SSSR count). The van der Waals surface area contributed by atoms with E-state index in [4.69, 9.17) is 6.42 Å². The molecule has 0 saturated carbocycles. The number of allylic oxidation sites excluding steroid dienone is 7. The van der Waals surface area contributed by atoms with Crippen LogP contribution in [0.15, 0.2) is 48.0 Å². The summed E-state index contributed by atoms with van der Waals surface area (Å²) in [5.74, 6) is 4.09. The third-order valence-corrected chi connectivity index (χ3v) is 4.47. The second kappa shape index (κ2) is 7.83. The summed E-state index contributed by atoms with van der Waals surface area (Å²) in [5, 5.41) is 14.6. The van der Waals surface area contributed by atoms with Crippen LogP contribution in [0.4, 0.5) is 0 Å². The maximum Gasteiger partial charge on any atom is 0.158 e. The summed E-state index contributed by atoms with van der Waals surface area (Å²) in [7, 11) is 1.79. The normalized spacial score (nSPS) is 22.0. The van der Waals surface area contributed by atoms with Crippen LogP contribution >= 0.6 is 0 Å². The molecule has 0 fully saturated rings. The summed E-state index contributed by atoms with van der Waals surface area (Å²) < 4.78 is 1.63. The summed E-state index contributed by atoms with van der Waals surface area (Å²) in [6.45, 7) is 8.32. The van der Waals surface area contributed by atoms with E-state index >= 15 is 0 Å². The van der Waals surface area contributed by atoms with Gasteiger partial charge in [0.25, 0.3) is 0 Å². The Hall–Kier alpha value is -2.54. The van der Waals surface area contributed by atoms with Crippen molar-refractivity contribution in [2.24, 2.45) is 18.9 Å². The van der Waals surface area contributed by atoms with E-state index in [0.29, 0.717) is 29.5 Å². The Balaban J connectivity index is 2.24. The maximum absolute atomic E-state index is 10.5. The SMILES string of the molecule is C#C/C=C(\C=C(\O)C[C@@H]1C=C(C)CC[C@H]1C(=C)C)c1ncnn1C. The number of terminal acetylenes is 1. The molecule has 1 aliphatic carbocycles. The quantitative estimate of drug-likeness (QED) is 0.382. The second-order valence-electron chi connectivity index (χ2n) is 6.48. The molecule has 1 aliphatic rings. The molecule has 24 heavy (non-hydrogen) atoms. The molecular formula is C20H25N3O. The highest BCUT2D eigenvalue weighted by atomic mass is 16.3. The van der Waals surface area contributed by atoms with Gasteiger partial charge in [0.15, 0.2) is 5.82 Å². The Morgan fingerprint density at radius 1 is 1.58 bits per heavy atom. The van der Waals surface area contributed by atoms with Crippen molar-refractivity contribution in [2.45, 2.75) is 33.1 Å². The van der Waals surface area contributed by atoms with Gasteiger partial charge in [0.1, 0.15) is 6.33 Å². The highest BCUT2D eigenvalue weighted by Crippen LogP contribution is 2.36. The number of nitrogens with zero attached hydrogens (tertiary/aromatic N) is 3. The number of hydrogen-bond acceptors (Lipinski definition) is 3. The van der Waals surface area contributed by atoms with E-state index in [1.807, 2.05) is 0 Å². The maximum atomic E-state index is 10.5. The van der Waals surface area contributed by atoms with Gasteiger partial charge in [0.2, 0.25) is 0 Å². The standard InChI is InChI=1S/C20H25N3O/c1-6-7-16(20-21-13-22-23(20)5)11-18(24)12-17-10-15(4)8-9-19(17)14(2)3/h1,7,10-11,13,17,19,24H,2,8-9,12H2,3-5H3/b16-7+,18-11+/t17-,19-/m0/s1. The number of aromatic nitrogens is 3. The number of rotatable bonds is 5. The van der Waals surface area contributed by atoms with Crippen molar-refractivity contribution in [1.82, 2.24) is 14.8 Å². The molecule has 1 heterocycles. The van der Waals surface area contributed by atoms with E-state index in [0.717, 1.165) is 12.8 Å². The van der Waals surface area contributed by atoms with E-state index in [9.17, 15) is 5.11 Å². The molecule has 0 amide bonds. The van der Waals surface area contributed by atoms with Crippen LogP contribution in [0.2, 0.25) is 0 Å². The molecular weight excluding hydrogens is 298 g/mol. The second-order valence-corrected chi connectivity index (χ2v) is 6.48. The smallest absolute Gasteiger partial charge is 0.158 e. The third kappa shape index (κ3) is 4.26. The van der Waals surface area contributed by atoms with Gasteiger partial charge in [-0.2, -0.15) is 5.10 Å². The summed E-state index contributed by atoms with van der Waals surface area (Å²) in [4.78, 5) is 4.20. The largest absolute Gasteiger partial charge is 0.512 e. The lowest BCUT2D eigenvalue weighted by Gasteiger charge is -2.30. The van der Waals surface area contributed by atoms with Crippen molar-refractivity contribution < 1.29 is 5.11 Å². The van der Waals surface area contributed by atoms with Crippen molar-refractivity contribution in [3.05, 3.63) is 53.9 Å². The number of hydrogen-bond donors (Lipinski definition) is 1. The van der Waals surface area contributed by atoms with Crippen LogP contribution in [0.1, 0.15) is 38.9 Å². The Kier molecular flexibility index (Phi) is 5.81. The first-order valence-electron chi connectivity index (χ1n) is 8.15. The molecule has 0 saturated heterocycles. The lowest BCUT2D eigenvalue weighted by atomic mass is 9.76. The van der Waals surface area contributed by atoms with Crippen LogP contribution in [0.5, 0.6) is 0 Å². The molecule has 0 radical (unpaired) electrons. The van der Waals surface area contributed by atoms with Gasteiger partial charge in [-0.1, -0.05) is 29.7 Å². The van der Waals surface area contributed by atoms with E-state index in [1.165, 1.54) is 17.5 Å². The fourth-order valence-electron chi connectivity index (χ4n) is 3.27. The molecule has 1 N–H and O–H groups in total. The summed E-state index contributed by atoms with van der Waals surface area (Å²) in [5.41, 5.74) is 3.22. The van der Waals surface area contributed by atoms with Gasteiger partial charge in [-0.25, -0.2) is 9.67 Å². The van der Waals surface area contributed by atoms with E-state index in [-0.39, 0.29) is 5.92 Å². The van der Waals surface area contributed by atoms with Crippen LogP contribution in [0, 0.1) is 24.2 Å². The van der Waals surface area contributed by atoms with Crippen LogP contribution in [-0.2, 0) is 7.05 Å².